The van der Waals surface area contributed by atoms with Crippen molar-refractivity contribution in [3.8, 4) is 0 Å². The van der Waals surface area contributed by atoms with Gasteiger partial charge in [0.05, 0.1) is 4.90 Å². The van der Waals surface area contributed by atoms with Crippen LogP contribution in [0.3, 0.4) is 0 Å². The number of nitrogens with zero attached hydrogens (tertiary/aromatic N) is 1. The van der Waals surface area contributed by atoms with E-state index in [9.17, 15) is 30.8 Å². The van der Waals surface area contributed by atoms with Gasteiger partial charge in [0.1, 0.15) is 0 Å². The molecule has 0 aliphatic heterocycles. The number of Topliss-reactive ketones (excluding diaryl/α,β-unsaturated/α-hetero) is 1. The van der Waals surface area contributed by atoms with E-state index in [4.69, 9.17) is 0 Å². The average molecular weight is 548 g/mol. The molecule has 0 aliphatic rings. The van der Waals surface area contributed by atoms with E-state index in [-0.39, 0.29) is 11.1 Å². The second-order valence-corrected chi connectivity index (χ2v) is 10.0. The second kappa shape index (κ2) is 10.3. The molecule has 0 fully saturated rings. The first kappa shape index (κ1) is 26.4. The van der Waals surface area contributed by atoms with Crippen molar-refractivity contribution < 1.29 is 35.1 Å². The minimum Gasteiger partial charge on any atom is -0.287 e. The maximum Gasteiger partial charge on any atom is 0.364 e. The fourth-order valence-corrected chi connectivity index (χ4v) is 5.11. The second-order valence-electron chi connectivity index (χ2n) is 7.76. The largest absolute Gasteiger partial charge is 0.364 e. The van der Waals surface area contributed by atoms with E-state index in [0.29, 0.717) is 17.1 Å². The van der Waals surface area contributed by atoms with Crippen molar-refractivity contribution in [2.75, 3.05) is 6.26 Å². The van der Waals surface area contributed by atoms with E-state index < -0.39 is 54.7 Å². The van der Waals surface area contributed by atoms with Crippen molar-refractivity contribution in [3.05, 3.63) is 107 Å². The lowest BCUT2D eigenvalue weighted by molar-refractivity contribution is 0.106. The molecule has 4 rings (SSSR count). The molecule has 0 atom stereocenters. The van der Waals surface area contributed by atoms with Gasteiger partial charge < -0.3 is 0 Å². The number of rotatable bonds is 7. The molecule has 0 heterocycles. The highest BCUT2D eigenvalue weighted by atomic mass is 32.2. The summed E-state index contributed by atoms with van der Waals surface area (Å²) >= 11 is 0.351. The van der Waals surface area contributed by atoms with Crippen LogP contribution in [0.4, 0.5) is 17.6 Å². The van der Waals surface area contributed by atoms with Crippen LogP contribution in [0.15, 0.2) is 81.7 Å². The fourth-order valence-electron chi connectivity index (χ4n) is 3.71. The molecular weight excluding hydrogens is 530 g/mol. The number of ketones is 1. The van der Waals surface area contributed by atoms with Gasteiger partial charge in [-0.25, -0.2) is 17.6 Å². The molecule has 0 radical (unpaired) electrons. The zero-order valence-corrected chi connectivity index (χ0v) is 20.9. The smallest absolute Gasteiger partial charge is 0.287 e. The Bertz CT molecular complexity index is 1640. The Morgan fingerprint density at radius 1 is 0.811 bits per heavy atom. The molecule has 0 aromatic heterocycles. The summed E-state index contributed by atoms with van der Waals surface area (Å²) in [5, 5.41) is 4.74. The van der Waals surface area contributed by atoms with Gasteiger partial charge in [-0.1, -0.05) is 71.9 Å². The minimum absolute atomic E-state index is 0.128. The zero-order chi connectivity index (χ0) is 26.9. The third kappa shape index (κ3) is 4.84. The highest BCUT2D eigenvalue weighted by Crippen LogP contribution is 2.33. The number of thioether (sulfide) groups is 1. The summed E-state index contributed by atoms with van der Waals surface area (Å²) < 4.78 is 87.2. The Kier molecular flexibility index (Phi) is 7.37. The molecule has 0 saturated carbocycles. The molecule has 0 unspecified atom stereocenters. The molecule has 4 aromatic carbocycles. The van der Waals surface area contributed by atoms with Crippen molar-refractivity contribution in [2.24, 2.45) is 5.16 Å². The van der Waals surface area contributed by atoms with Crippen LogP contribution >= 0.6 is 11.8 Å². The number of fused-ring (bicyclic) bond motifs is 1. The summed E-state index contributed by atoms with van der Waals surface area (Å²) in [4.78, 5) is 10.5. The lowest BCUT2D eigenvalue weighted by Crippen LogP contribution is -2.19. The Morgan fingerprint density at radius 3 is 1.97 bits per heavy atom. The van der Waals surface area contributed by atoms with E-state index in [1.165, 1.54) is 18.2 Å². The molecule has 0 saturated heterocycles. The van der Waals surface area contributed by atoms with Crippen LogP contribution in [-0.4, -0.2) is 26.2 Å². The number of halogens is 4. The van der Waals surface area contributed by atoms with Gasteiger partial charge in [-0.05, 0) is 29.5 Å². The van der Waals surface area contributed by atoms with E-state index in [2.05, 4.69) is 9.44 Å². The summed E-state index contributed by atoms with van der Waals surface area (Å²) in [7, 11) is -5.54. The number of hydrogen-bond donors (Lipinski definition) is 0. The summed E-state index contributed by atoms with van der Waals surface area (Å²) in [5.41, 5.74) is 0.653. The molecule has 0 aliphatic carbocycles. The van der Waals surface area contributed by atoms with E-state index in [1.54, 1.807) is 48.5 Å². The van der Waals surface area contributed by atoms with Gasteiger partial charge in [0, 0.05) is 11.1 Å². The van der Waals surface area contributed by atoms with Crippen LogP contribution in [0.2, 0.25) is 0 Å². The third-order valence-electron chi connectivity index (χ3n) is 5.51. The quantitative estimate of drug-likeness (QED) is 0.0667. The van der Waals surface area contributed by atoms with Crippen LogP contribution in [0.5, 0.6) is 0 Å². The predicted octanol–water partition coefficient (Wildman–Crippen LogP) is 6.42. The van der Waals surface area contributed by atoms with E-state index in [1.807, 2.05) is 6.92 Å². The predicted molar refractivity (Wildman–Crippen MR) is 132 cm³/mol. The molecule has 0 amide bonds. The Hall–Kier alpha value is -3.70. The number of benzene rings is 4. The number of aryl methyl sites for hydroxylation is 1. The van der Waals surface area contributed by atoms with Gasteiger partial charge in [-0.2, -0.15) is 8.42 Å². The van der Waals surface area contributed by atoms with Crippen LogP contribution in [0, 0.1) is 30.2 Å². The molecule has 190 valence electrons. The van der Waals surface area contributed by atoms with Gasteiger partial charge >= 0.3 is 10.1 Å². The lowest BCUT2D eigenvalue weighted by Gasteiger charge is -2.12. The molecule has 0 N–H and O–H groups in total. The van der Waals surface area contributed by atoms with Crippen molar-refractivity contribution in [2.45, 2.75) is 16.7 Å². The molecule has 37 heavy (non-hydrogen) atoms. The van der Waals surface area contributed by atoms with Crippen molar-refractivity contribution in [3.63, 3.8) is 0 Å². The number of hydrogen-bond acceptors (Lipinski definition) is 6. The lowest BCUT2D eigenvalue weighted by atomic mass is 9.94. The monoisotopic (exact) mass is 547 g/mol. The summed E-state index contributed by atoms with van der Waals surface area (Å²) in [6.45, 7) is 1.85. The summed E-state index contributed by atoms with van der Waals surface area (Å²) in [5.74, 6) is -8.90. The summed E-state index contributed by atoms with van der Waals surface area (Å²) in [6.07, 6.45) is 1.15. The number of carbonyl (C=O) groups is 1. The molecule has 4 aromatic rings. The fraction of sp³-hybridized carbons (Fsp3) is 0.0769. The van der Waals surface area contributed by atoms with Crippen LogP contribution in [-0.2, 0) is 14.4 Å². The average Bonchev–Trinajstić information content (AvgIpc) is 2.89. The third-order valence-corrected chi connectivity index (χ3v) is 7.41. The molecule has 5 nitrogen and oxygen atoms in total. The normalized spacial score (nSPS) is 12.1. The van der Waals surface area contributed by atoms with E-state index in [0.717, 1.165) is 17.2 Å². The van der Waals surface area contributed by atoms with Gasteiger partial charge in [0.15, 0.2) is 33.9 Å². The maximum absolute atomic E-state index is 14.5. The topological polar surface area (TPSA) is 72.8 Å². The van der Waals surface area contributed by atoms with E-state index >= 15 is 0 Å². The highest BCUT2D eigenvalue weighted by molar-refractivity contribution is 7.98. The van der Waals surface area contributed by atoms with Crippen molar-refractivity contribution in [1.29, 1.82) is 0 Å². The molecular formula is C26H17F4NO4S2. The SMILES string of the molecule is CSc1c(F)c(F)c(S(=O)(=O)O/N=C(/C(=O)c2ccc(C)c3ccccc23)c2ccccc2)c(F)c1F. The number of carbonyl (C=O) groups excluding carboxylic acids is 1. The van der Waals surface area contributed by atoms with Gasteiger partial charge in [-0.3, -0.25) is 9.08 Å². The van der Waals surface area contributed by atoms with Crippen LogP contribution in [0.25, 0.3) is 10.8 Å². The first-order chi connectivity index (χ1) is 17.6. The zero-order valence-electron chi connectivity index (χ0n) is 19.3. The standard InChI is InChI=1S/C26H17F4NO4S2/c1-14-12-13-18(17-11-7-6-10-16(14)17)24(32)23(15-8-4-3-5-9-15)31-35-37(33,34)26-21(29)19(27)25(36-2)20(28)22(26)30/h3-13H,1-2H3/b31-23+. The first-order valence-electron chi connectivity index (χ1n) is 10.6. The first-order valence-corrected chi connectivity index (χ1v) is 13.2. The maximum atomic E-state index is 14.5. The molecule has 0 bridgehead atoms. The summed E-state index contributed by atoms with van der Waals surface area (Å²) in [6, 6.07) is 17.8. The number of oxime groups is 1. The van der Waals surface area contributed by atoms with Crippen LogP contribution < -0.4 is 0 Å². The molecule has 0 spiro atoms. The van der Waals surface area contributed by atoms with Crippen LogP contribution in [0.1, 0.15) is 21.5 Å². The minimum atomic E-state index is -5.54. The Balaban J connectivity index is 1.85. The van der Waals surface area contributed by atoms with Gasteiger partial charge in [0.2, 0.25) is 5.78 Å². The van der Waals surface area contributed by atoms with Gasteiger partial charge in [0.25, 0.3) is 0 Å². The van der Waals surface area contributed by atoms with Crippen molar-refractivity contribution in [1.82, 2.24) is 0 Å². The Morgan fingerprint density at radius 2 is 1.38 bits per heavy atom. The van der Waals surface area contributed by atoms with Crippen molar-refractivity contribution >= 4 is 44.1 Å². The molecule has 11 heteroatoms. The highest BCUT2D eigenvalue weighted by Gasteiger charge is 2.35. The Labute approximate surface area is 213 Å². The van der Waals surface area contributed by atoms with Gasteiger partial charge in [-0.15, -0.1) is 11.8 Å².